The molecule has 4 atom stereocenters. The van der Waals surface area contributed by atoms with Gasteiger partial charge in [-0.2, -0.15) is 0 Å². The van der Waals surface area contributed by atoms with Crippen molar-refractivity contribution in [3.63, 3.8) is 0 Å². The standard InChI is InChI=1S/C26H38N2O15/c1-15(29)40-13-16-2-3-20(43-26-24(36)23(35)19(30)14-41-26)18(10-16)25(37)28(17(11-21(31)32)12-22(33)34)4-5-38-6-7-39-8-9-42-27/h2-3,10,17,19,23-24,26,30,35-36H,4-9,11-14,27H2,1H3,(H,31,32)(H,33,34)/t19-,23+,24-,26+/m1/s1. The molecule has 0 unspecified atom stereocenters. The zero-order valence-corrected chi connectivity index (χ0v) is 23.5. The van der Waals surface area contributed by atoms with E-state index in [0.29, 0.717) is 5.56 Å². The zero-order valence-electron chi connectivity index (χ0n) is 23.5. The first-order chi connectivity index (χ1) is 20.4. The van der Waals surface area contributed by atoms with Gasteiger partial charge in [0, 0.05) is 13.5 Å². The van der Waals surface area contributed by atoms with Crippen molar-refractivity contribution in [1.82, 2.24) is 4.90 Å². The first-order valence-electron chi connectivity index (χ1n) is 13.2. The SMILES string of the molecule is CC(=O)OCc1ccc(O[C@@H]2OC[C@@H](O)[C@H](O)[C@H]2O)c(C(=O)N(CCOCCOCCON)C(CC(=O)O)CC(=O)O)c1. The van der Waals surface area contributed by atoms with Gasteiger partial charge >= 0.3 is 17.9 Å². The highest BCUT2D eigenvalue weighted by Crippen LogP contribution is 2.28. The van der Waals surface area contributed by atoms with E-state index < -0.39 is 67.3 Å². The van der Waals surface area contributed by atoms with Crippen LogP contribution in [0, 0.1) is 0 Å². The number of nitrogens with two attached hydrogens (primary N) is 1. The van der Waals surface area contributed by atoms with Crippen LogP contribution in [0.1, 0.15) is 35.7 Å². The van der Waals surface area contributed by atoms with Gasteiger partial charge in [0.2, 0.25) is 6.29 Å². The molecule has 1 amide bonds. The first-order valence-corrected chi connectivity index (χ1v) is 13.2. The molecule has 242 valence electrons. The normalized spacial score (nSPS) is 20.0. The van der Waals surface area contributed by atoms with Crippen LogP contribution in [0.2, 0.25) is 0 Å². The molecule has 0 aromatic heterocycles. The summed E-state index contributed by atoms with van der Waals surface area (Å²) in [5.41, 5.74) is 0.112. The highest BCUT2D eigenvalue weighted by Gasteiger charge is 2.40. The summed E-state index contributed by atoms with van der Waals surface area (Å²) in [6.07, 6.45) is -7.64. The van der Waals surface area contributed by atoms with Gasteiger partial charge in [0.05, 0.1) is 64.1 Å². The second kappa shape index (κ2) is 18.3. The van der Waals surface area contributed by atoms with Gasteiger partial charge in [0.15, 0.2) is 0 Å². The van der Waals surface area contributed by atoms with E-state index in [4.69, 9.17) is 29.6 Å². The van der Waals surface area contributed by atoms with E-state index in [-0.39, 0.29) is 64.1 Å². The summed E-state index contributed by atoms with van der Waals surface area (Å²) >= 11 is 0. The van der Waals surface area contributed by atoms with Crippen LogP contribution in [0.5, 0.6) is 5.75 Å². The molecule has 1 aromatic carbocycles. The van der Waals surface area contributed by atoms with Crippen molar-refractivity contribution in [3.8, 4) is 5.75 Å². The van der Waals surface area contributed by atoms with Gasteiger partial charge in [-0.3, -0.25) is 19.2 Å². The molecule has 7 N–H and O–H groups in total. The molecular formula is C26H38N2O15. The van der Waals surface area contributed by atoms with Crippen LogP contribution in [0.15, 0.2) is 18.2 Å². The number of rotatable bonds is 19. The van der Waals surface area contributed by atoms with E-state index in [2.05, 4.69) is 4.84 Å². The molecule has 1 aliphatic rings. The summed E-state index contributed by atoms with van der Waals surface area (Å²) in [5.74, 6) is 0.561. The van der Waals surface area contributed by atoms with Crippen LogP contribution >= 0.6 is 0 Å². The van der Waals surface area contributed by atoms with Gasteiger partial charge in [-0.1, -0.05) is 6.07 Å². The van der Waals surface area contributed by atoms with E-state index in [1.54, 1.807) is 0 Å². The number of ether oxygens (including phenoxy) is 5. The fourth-order valence-corrected chi connectivity index (χ4v) is 4.02. The quantitative estimate of drug-likeness (QED) is 0.0571. The lowest BCUT2D eigenvalue weighted by Gasteiger charge is -2.35. The van der Waals surface area contributed by atoms with E-state index >= 15 is 0 Å². The van der Waals surface area contributed by atoms with Crippen LogP contribution in [0.4, 0.5) is 0 Å². The van der Waals surface area contributed by atoms with Gasteiger partial charge in [-0.05, 0) is 17.7 Å². The fourth-order valence-electron chi connectivity index (χ4n) is 4.02. The van der Waals surface area contributed by atoms with Crippen molar-refractivity contribution in [3.05, 3.63) is 29.3 Å². The Labute approximate surface area is 246 Å². The number of carbonyl (C=O) groups excluding carboxylic acids is 2. The zero-order chi connectivity index (χ0) is 31.9. The third kappa shape index (κ3) is 12.0. The van der Waals surface area contributed by atoms with Gasteiger partial charge < -0.3 is 59.0 Å². The summed E-state index contributed by atoms with van der Waals surface area (Å²) in [6.45, 7) is 0.818. The lowest BCUT2D eigenvalue weighted by molar-refractivity contribution is -0.242. The molecule has 0 aliphatic carbocycles. The molecule has 0 spiro atoms. The second-order valence-electron chi connectivity index (χ2n) is 9.42. The highest BCUT2D eigenvalue weighted by molar-refractivity contribution is 5.98. The Morgan fingerprint density at radius 3 is 2.21 bits per heavy atom. The lowest BCUT2D eigenvalue weighted by Crippen LogP contribution is -2.55. The van der Waals surface area contributed by atoms with Crippen LogP contribution < -0.4 is 10.6 Å². The van der Waals surface area contributed by atoms with Gasteiger partial charge in [0.1, 0.15) is 30.7 Å². The number of nitrogens with zero attached hydrogens (tertiary/aromatic N) is 1. The Morgan fingerprint density at radius 1 is 0.977 bits per heavy atom. The molecule has 17 nitrogen and oxygen atoms in total. The topological polar surface area (TPSA) is 254 Å². The minimum absolute atomic E-state index is 0.0897. The van der Waals surface area contributed by atoms with Crippen molar-refractivity contribution in [2.45, 2.75) is 57.0 Å². The van der Waals surface area contributed by atoms with Crippen LogP contribution in [-0.2, 0) is 44.8 Å². The Hall–Kier alpha value is -3.42. The number of carbonyl (C=O) groups is 4. The average Bonchev–Trinajstić information content (AvgIpc) is 2.95. The maximum absolute atomic E-state index is 14.0. The summed E-state index contributed by atoms with van der Waals surface area (Å²) in [5, 5.41) is 49.1. The molecule has 1 saturated heterocycles. The van der Waals surface area contributed by atoms with Crippen molar-refractivity contribution >= 4 is 23.8 Å². The third-order valence-corrected chi connectivity index (χ3v) is 6.13. The van der Waals surface area contributed by atoms with Crippen molar-refractivity contribution < 1.29 is 73.2 Å². The fraction of sp³-hybridized carbons (Fsp3) is 0.615. The summed E-state index contributed by atoms with van der Waals surface area (Å²) in [6, 6.07) is 2.73. The smallest absolute Gasteiger partial charge is 0.305 e. The number of aliphatic carboxylic acids is 2. The number of aliphatic hydroxyl groups is 3. The number of esters is 1. The monoisotopic (exact) mass is 618 g/mol. The van der Waals surface area contributed by atoms with Crippen LogP contribution in [-0.4, -0.2) is 131 Å². The maximum atomic E-state index is 14.0. The Balaban J connectivity index is 2.39. The second-order valence-corrected chi connectivity index (χ2v) is 9.42. The molecule has 0 saturated carbocycles. The molecule has 2 rings (SSSR count). The molecule has 0 radical (unpaired) electrons. The van der Waals surface area contributed by atoms with E-state index in [9.17, 15) is 44.7 Å². The first kappa shape index (κ1) is 35.8. The largest absolute Gasteiger partial charge is 0.481 e. The predicted octanol–water partition coefficient (Wildman–Crippen LogP) is -1.75. The molecule has 17 heteroatoms. The molecule has 43 heavy (non-hydrogen) atoms. The van der Waals surface area contributed by atoms with E-state index in [1.165, 1.54) is 25.1 Å². The van der Waals surface area contributed by atoms with Crippen molar-refractivity contribution in [2.24, 2.45) is 5.90 Å². The number of amides is 1. The van der Waals surface area contributed by atoms with Crippen LogP contribution in [0.25, 0.3) is 0 Å². The summed E-state index contributed by atoms with van der Waals surface area (Å²) in [4.78, 5) is 54.0. The summed E-state index contributed by atoms with van der Waals surface area (Å²) in [7, 11) is 0. The number of benzene rings is 1. The predicted molar refractivity (Wildman–Crippen MR) is 141 cm³/mol. The van der Waals surface area contributed by atoms with Gasteiger partial charge in [0.25, 0.3) is 5.91 Å². The number of hydrogen-bond donors (Lipinski definition) is 6. The van der Waals surface area contributed by atoms with Crippen molar-refractivity contribution in [2.75, 3.05) is 46.2 Å². The molecule has 1 heterocycles. The summed E-state index contributed by atoms with van der Waals surface area (Å²) < 4.78 is 26.7. The van der Waals surface area contributed by atoms with Crippen LogP contribution in [0.3, 0.4) is 0 Å². The maximum Gasteiger partial charge on any atom is 0.305 e. The third-order valence-electron chi connectivity index (χ3n) is 6.13. The lowest BCUT2D eigenvalue weighted by atomic mass is 10.0. The highest BCUT2D eigenvalue weighted by atomic mass is 16.7. The minimum Gasteiger partial charge on any atom is -0.481 e. The Morgan fingerprint density at radius 2 is 1.60 bits per heavy atom. The average molecular weight is 619 g/mol. The molecule has 1 aromatic rings. The Kier molecular flexibility index (Phi) is 15.2. The molecule has 0 bridgehead atoms. The molecule has 1 fully saturated rings. The number of carboxylic acids is 2. The number of aliphatic hydroxyl groups excluding tert-OH is 3. The molecular weight excluding hydrogens is 580 g/mol. The van der Waals surface area contributed by atoms with E-state index in [1.807, 2.05) is 0 Å². The Bertz CT molecular complexity index is 1050. The van der Waals surface area contributed by atoms with Gasteiger partial charge in [-0.15, -0.1) is 0 Å². The van der Waals surface area contributed by atoms with Gasteiger partial charge in [-0.25, -0.2) is 5.90 Å². The van der Waals surface area contributed by atoms with Crippen molar-refractivity contribution in [1.29, 1.82) is 0 Å². The van der Waals surface area contributed by atoms with E-state index in [0.717, 1.165) is 4.90 Å². The minimum atomic E-state index is -1.71. The molecule has 1 aliphatic heterocycles. The number of hydrogen-bond acceptors (Lipinski definition) is 14. The number of carboxylic acid groups (broad SMARTS) is 2.